The van der Waals surface area contributed by atoms with Crippen molar-refractivity contribution in [2.45, 2.75) is 52.1 Å². The van der Waals surface area contributed by atoms with Crippen molar-refractivity contribution in [2.24, 2.45) is 17.8 Å². The molecule has 1 aliphatic carbocycles. The molecule has 2 fully saturated rings. The van der Waals surface area contributed by atoms with Gasteiger partial charge in [0.25, 0.3) is 0 Å². The Morgan fingerprint density at radius 1 is 1.27 bits per heavy atom. The van der Waals surface area contributed by atoms with Gasteiger partial charge >= 0.3 is 0 Å². The summed E-state index contributed by atoms with van der Waals surface area (Å²) in [6.45, 7) is 4.80. The smallest absolute Gasteiger partial charge is 0.233 e. The second-order valence-electron chi connectivity index (χ2n) is 8.93. The van der Waals surface area contributed by atoms with Crippen molar-refractivity contribution in [3.63, 3.8) is 0 Å². The Morgan fingerprint density at radius 3 is 2.80 bits per heavy atom. The number of likely N-dealkylation sites (tertiary alicyclic amines) is 1. The van der Waals surface area contributed by atoms with Crippen LogP contribution < -0.4 is 0 Å². The van der Waals surface area contributed by atoms with Gasteiger partial charge in [-0.2, -0.15) is 0 Å². The number of amides is 2. The molecule has 1 aromatic carbocycles. The maximum Gasteiger partial charge on any atom is 0.233 e. The minimum absolute atomic E-state index is 0.0222. The van der Waals surface area contributed by atoms with E-state index in [0.29, 0.717) is 13.0 Å². The highest BCUT2D eigenvalue weighted by atomic mass is 16.5. The Balaban J connectivity index is 1.53. The van der Waals surface area contributed by atoms with Crippen molar-refractivity contribution in [1.29, 1.82) is 0 Å². The summed E-state index contributed by atoms with van der Waals surface area (Å²) in [5.41, 5.74) is 4.87. The van der Waals surface area contributed by atoms with E-state index in [1.165, 1.54) is 21.6 Å². The fourth-order valence-corrected chi connectivity index (χ4v) is 5.50. The van der Waals surface area contributed by atoms with Gasteiger partial charge in [0.15, 0.2) is 0 Å². The molecule has 0 unspecified atom stereocenters. The molecule has 3 aliphatic rings. The fourth-order valence-electron chi connectivity index (χ4n) is 5.50. The topological polar surface area (TPSA) is 66.8 Å². The van der Waals surface area contributed by atoms with E-state index in [4.69, 9.17) is 4.74 Å². The van der Waals surface area contributed by atoms with Crippen LogP contribution in [-0.4, -0.2) is 41.6 Å². The number of hydrogen-bond acceptors (Lipinski definition) is 4. The summed E-state index contributed by atoms with van der Waals surface area (Å²) in [5, 5.41) is 9.66. The molecule has 0 aromatic heterocycles. The van der Waals surface area contributed by atoms with Crippen LogP contribution in [0.25, 0.3) is 6.08 Å². The largest absolute Gasteiger partial charge is 0.508 e. The number of phenolic OH excluding ortho intramolecular Hbond substituents is 1. The fraction of sp³-hybridized carbons (Fsp3) is 0.520. The standard InChI is InChI=1S/C25H31NO4/c1-4-6-17-13-19-23(25(29)26(3)24(19)28)20-14-30-21(22(17)20)10-9-15(2)11-16-7-5-8-18(27)12-16/h5,7-8,11-12,19-21,23,27H,4,6,9-10,13-14H2,1-3H3/b15-11+/t19-,20+,21-,23-/m1/s1. The van der Waals surface area contributed by atoms with Gasteiger partial charge in [0.2, 0.25) is 11.8 Å². The van der Waals surface area contributed by atoms with E-state index in [0.717, 1.165) is 31.2 Å². The molecule has 2 aliphatic heterocycles. The number of hydrogen-bond donors (Lipinski definition) is 1. The van der Waals surface area contributed by atoms with Crippen molar-refractivity contribution in [1.82, 2.24) is 4.90 Å². The van der Waals surface area contributed by atoms with Crippen LogP contribution in [0.3, 0.4) is 0 Å². The van der Waals surface area contributed by atoms with Crippen LogP contribution in [0.15, 0.2) is 41.0 Å². The third kappa shape index (κ3) is 3.71. The van der Waals surface area contributed by atoms with Crippen LogP contribution in [0.2, 0.25) is 0 Å². The third-order valence-corrected chi connectivity index (χ3v) is 6.86. The monoisotopic (exact) mass is 409 g/mol. The number of allylic oxidation sites excluding steroid dienone is 2. The first-order valence-corrected chi connectivity index (χ1v) is 11.0. The zero-order valence-electron chi connectivity index (χ0n) is 18.1. The summed E-state index contributed by atoms with van der Waals surface area (Å²) < 4.78 is 6.22. The maximum absolute atomic E-state index is 12.8. The Bertz CT molecular complexity index is 915. The first-order valence-electron chi connectivity index (χ1n) is 11.0. The summed E-state index contributed by atoms with van der Waals surface area (Å²) in [6.07, 6.45) is 6.59. The number of phenols is 1. The number of aromatic hydroxyl groups is 1. The van der Waals surface area contributed by atoms with Crippen LogP contribution in [-0.2, 0) is 14.3 Å². The van der Waals surface area contributed by atoms with E-state index in [1.807, 2.05) is 12.1 Å². The molecule has 2 heterocycles. The van der Waals surface area contributed by atoms with Crippen molar-refractivity contribution < 1.29 is 19.4 Å². The van der Waals surface area contributed by atoms with Gasteiger partial charge < -0.3 is 9.84 Å². The van der Waals surface area contributed by atoms with Gasteiger partial charge in [-0.25, -0.2) is 0 Å². The number of carbonyl (C=O) groups excluding carboxylic acids is 2. The average molecular weight is 410 g/mol. The minimum Gasteiger partial charge on any atom is -0.508 e. The number of fused-ring (bicyclic) bond motifs is 3. The third-order valence-electron chi connectivity index (χ3n) is 6.86. The molecular formula is C25H31NO4. The molecule has 0 bridgehead atoms. The summed E-state index contributed by atoms with van der Waals surface area (Å²) >= 11 is 0. The molecule has 5 heteroatoms. The molecular weight excluding hydrogens is 378 g/mol. The Morgan fingerprint density at radius 2 is 2.07 bits per heavy atom. The van der Waals surface area contributed by atoms with Crippen molar-refractivity contribution in [3.05, 3.63) is 46.5 Å². The molecule has 160 valence electrons. The van der Waals surface area contributed by atoms with Crippen LogP contribution >= 0.6 is 0 Å². The number of carbonyl (C=O) groups is 2. The lowest BCUT2D eigenvalue weighted by molar-refractivity contribution is -0.138. The van der Waals surface area contributed by atoms with Gasteiger partial charge in [-0.15, -0.1) is 0 Å². The van der Waals surface area contributed by atoms with E-state index < -0.39 is 0 Å². The maximum atomic E-state index is 12.8. The number of ether oxygens (including phenoxy) is 1. The molecule has 30 heavy (non-hydrogen) atoms. The van der Waals surface area contributed by atoms with E-state index in [1.54, 1.807) is 19.2 Å². The minimum atomic E-state index is -0.243. The molecule has 0 saturated carbocycles. The van der Waals surface area contributed by atoms with Crippen LogP contribution in [0.5, 0.6) is 5.75 Å². The highest BCUT2D eigenvalue weighted by Gasteiger charge is 2.55. The average Bonchev–Trinajstić information content (AvgIpc) is 3.22. The van der Waals surface area contributed by atoms with Crippen LogP contribution in [0.1, 0.15) is 51.5 Å². The Hall–Kier alpha value is -2.40. The number of imide groups is 1. The number of benzene rings is 1. The SMILES string of the molecule is CCCC1=C2[C@@H](CC/C(C)=C/c3cccc(O)c3)OC[C@@H]2[C@@H]2C(=O)N(C)C(=O)[C@@H]2C1. The zero-order chi connectivity index (χ0) is 21.4. The molecule has 0 radical (unpaired) electrons. The summed E-state index contributed by atoms with van der Waals surface area (Å²) in [5.74, 6) is -0.185. The van der Waals surface area contributed by atoms with Gasteiger partial charge in [0.05, 0.1) is 24.5 Å². The number of rotatable bonds is 6. The zero-order valence-corrected chi connectivity index (χ0v) is 18.1. The van der Waals surface area contributed by atoms with Crippen LogP contribution in [0, 0.1) is 17.8 Å². The summed E-state index contributed by atoms with van der Waals surface area (Å²) in [7, 11) is 1.62. The first kappa shape index (κ1) is 20.9. The quantitative estimate of drug-likeness (QED) is 0.561. The van der Waals surface area contributed by atoms with E-state index >= 15 is 0 Å². The molecule has 4 rings (SSSR count). The number of nitrogens with zero attached hydrogens (tertiary/aromatic N) is 1. The summed E-state index contributed by atoms with van der Waals surface area (Å²) in [6, 6.07) is 7.25. The normalized spacial score (nSPS) is 28.9. The van der Waals surface area contributed by atoms with Crippen molar-refractivity contribution in [2.75, 3.05) is 13.7 Å². The van der Waals surface area contributed by atoms with E-state index in [-0.39, 0.29) is 41.4 Å². The Labute approximate surface area is 178 Å². The molecule has 1 N–H and O–H groups in total. The lowest BCUT2D eigenvalue weighted by Gasteiger charge is -2.32. The highest BCUT2D eigenvalue weighted by molar-refractivity contribution is 6.05. The van der Waals surface area contributed by atoms with Gasteiger partial charge in [-0.1, -0.05) is 42.7 Å². The molecule has 4 atom stereocenters. The second kappa shape index (κ2) is 8.38. The predicted octanol–water partition coefficient (Wildman–Crippen LogP) is 4.32. The summed E-state index contributed by atoms with van der Waals surface area (Å²) in [4.78, 5) is 26.7. The highest BCUT2D eigenvalue weighted by Crippen LogP contribution is 2.50. The van der Waals surface area contributed by atoms with Crippen molar-refractivity contribution >= 4 is 17.9 Å². The molecule has 2 amide bonds. The second-order valence-corrected chi connectivity index (χ2v) is 8.93. The van der Waals surface area contributed by atoms with E-state index in [2.05, 4.69) is 19.9 Å². The molecule has 5 nitrogen and oxygen atoms in total. The van der Waals surface area contributed by atoms with Gasteiger partial charge in [-0.05, 0) is 55.9 Å². The van der Waals surface area contributed by atoms with Crippen molar-refractivity contribution in [3.8, 4) is 5.75 Å². The molecule has 0 spiro atoms. The lowest BCUT2D eigenvalue weighted by Crippen LogP contribution is -2.34. The predicted molar refractivity (Wildman–Crippen MR) is 116 cm³/mol. The molecule has 2 saturated heterocycles. The first-order chi connectivity index (χ1) is 14.4. The van der Waals surface area contributed by atoms with Gasteiger partial charge in [0.1, 0.15) is 5.75 Å². The Kier molecular flexibility index (Phi) is 5.83. The van der Waals surface area contributed by atoms with Gasteiger partial charge in [0, 0.05) is 13.0 Å². The van der Waals surface area contributed by atoms with E-state index in [9.17, 15) is 14.7 Å². The van der Waals surface area contributed by atoms with Gasteiger partial charge in [-0.3, -0.25) is 14.5 Å². The lowest BCUT2D eigenvalue weighted by atomic mass is 9.68. The van der Waals surface area contributed by atoms with Crippen LogP contribution in [0.4, 0.5) is 0 Å². The molecule has 1 aromatic rings.